The number of carbonyl (C=O) groups is 2. The van der Waals surface area contributed by atoms with E-state index >= 15 is 0 Å². The second-order valence-electron chi connectivity index (χ2n) is 10.3. The minimum atomic E-state index is -4.26. The average Bonchev–Trinajstić information content (AvgIpc) is 3.50. The van der Waals surface area contributed by atoms with E-state index in [0.29, 0.717) is 18.8 Å². The van der Waals surface area contributed by atoms with Crippen molar-refractivity contribution < 1.29 is 27.1 Å². The number of nitrogens with one attached hydrogen (secondary N) is 1. The Hall–Kier alpha value is -3.92. The summed E-state index contributed by atoms with van der Waals surface area (Å²) >= 11 is 0. The fourth-order valence-corrected chi connectivity index (χ4v) is 6.62. The highest BCUT2D eigenvalue weighted by Gasteiger charge is 2.34. The maximum absolute atomic E-state index is 14.1. The summed E-state index contributed by atoms with van der Waals surface area (Å²) in [5, 5.41) is 3.10. The van der Waals surface area contributed by atoms with Crippen molar-refractivity contribution in [2.75, 3.05) is 17.5 Å². The van der Waals surface area contributed by atoms with Gasteiger partial charge in [0.05, 0.1) is 17.2 Å². The molecule has 2 amide bonds. The second-order valence-corrected chi connectivity index (χ2v) is 12.2. The number of sulfonamides is 1. The maximum atomic E-state index is 14.1. The van der Waals surface area contributed by atoms with Crippen LogP contribution in [0, 0.1) is 5.82 Å². The number of ether oxygens (including phenoxy) is 1. The van der Waals surface area contributed by atoms with Crippen LogP contribution in [0.2, 0.25) is 0 Å². The third kappa shape index (κ3) is 7.67. The lowest BCUT2D eigenvalue weighted by Gasteiger charge is -2.33. The molecule has 0 radical (unpaired) electrons. The molecule has 1 aliphatic rings. The van der Waals surface area contributed by atoms with Gasteiger partial charge in [-0.25, -0.2) is 12.8 Å². The lowest BCUT2D eigenvalue weighted by atomic mass is 10.1. The van der Waals surface area contributed by atoms with Gasteiger partial charge in [-0.05, 0) is 80.3 Å². The lowest BCUT2D eigenvalue weighted by Crippen LogP contribution is -2.53. The van der Waals surface area contributed by atoms with E-state index < -0.39 is 34.3 Å². The minimum absolute atomic E-state index is 0.0521. The summed E-state index contributed by atoms with van der Waals surface area (Å²) in [6, 6.07) is 19.4. The predicted octanol–water partition coefficient (Wildman–Crippen LogP) is 5.29. The first-order valence-corrected chi connectivity index (χ1v) is 15.8. The molecular formula is C32H38FN3O5S. The Balaban J connectivity index is 1.69. The highest BCUT2D eigenvalue weighted by atomic mass is 32.2. The molecule has 1 saturated carbocycles. The zero-order chi connectivity index (χ0) is 30.1. The molecule has 0 aliphatic heterocycles. The first-order chi connectivity index (χ1) is 20.2. The zero-order valence-electron chi connectivity index (χ0n) is 24.0. The number of carbonyl (C=O) groups excluding carboxylic acids is 2. The van der Waals surface area contributed by atoms with Crippen molar-refractivity contribution in [2.45, 2.75) is 69.5 Å². The van der Waals surface area contributed by atoms with Crippen LogP contribution in [0.1, 0.15) is 51.5 Å². The molecule has 0 saturated heterocycles. The highest BCUT2D eigenvalue weighted by molar-refractivity contribution is 7.92. The fraction of sp³-hybridized carbons (Fsp3) is 0.375. The first-order valence-electron chi connectivity index (χ1n) is 14.4. The summed E-state index contributed by atoms with van der Waals surface area (Å²) in [6.45, 7) is 3.62. The molecule has 1 aliphatic carbocycles. The van der Waals surface area contributed by atoms with Crippen LogP contribution in [0.25, 0.3) is 0 Å². The van der Waals surface area contributed by atoms with Gasteiger partial charge in [0.25, 0.3) is 10.0 Å². The Morgan fingerprint density at radius 1 is 0.952 bits per heavy atom. The van der Waals surface area contributed by atoms with E-state index in [1.165, 1.54) is 29.2 Å². The number of rotatable bonds is 13. The third-order valence-corrected chi connectivity index (χ3v) is 9.19. The largest absolute Gasteiger partial charge is 0.494 e. The van der Waals surface area contributed by atoms with Gasteiger partial charge in [0.1, 0.15) is 24.2 Å². The average molecular weight is 596 g/mol. The van der Waals surface area contributed by atoms with Gasteiger partial charge >= 0.3 is 0 Å². The van der Waals surface area contributed by atoms with Crippen LogP contribution >= 0.6 is 0 Å². The van der Waals surface area contributed by atoms with E-state index in [0.717, 1.165) is 47.7 Å². The molecule has 0 aromatic heterocycles. The first kappa shape index (κ1) is 31.0. The summed E-state index contributed by atoms with van der Waals surface area (Å²) < 4.78 is 48.1. The van der Waals surface area contributed by atoms with Gasteiger partial charge in [-0.1, -0.05) is 50.1 Å². The van der Waals surface area contributed by atoms with Gasteiger partial charge < -0.3 is 15.0 Å². The Labute approximate surface area is 247 Å². The van der Waals surface area contributed by atoms with E-state index in [1.54, 1.807) is 12.1 Å². The maximum Gasteiger partial charge on any atom is 0.264 e. The van der Waals surface area contributed by atoms with Gasteiger partial charge in [0.2, 0.25) is 11.8 Å². The Morgan fingerprint density at radius 3 is 2.19 bits per heavy atom. The molecule has 42 heavy (non-hydrogen) atoms. The van der Waals surface area contributed by atoms with Crippen molar-refractivity contribution in [3.8, 4) is 5.75 Å². The van der Waals surface area contributed by atoms with Gasteiger partial charge in [-0.15, -0.1) is 0 Å². The van der Waals surface area contributed by atoms with Crippen molar-refractivity contribution >= 4 is 27.5 Å². The molecule has 3 aromatic rings. The molecule has 0 heterocycles. The van der Waals surface area contributed by atoms with Crippen LogP contribution in [0.4, 0.5) is 10.1 Å². The summed E-state index contributed by atoms with van der Waals surface area (Å²) in [7, 11) is -4.26. The monoisotopic (exact) mass is 595 g/mol. The zero-order valence-corrected chi connectivity index (χ0v) is 24.9. The molecule has 1 N–H and O–H groups in total. The second kappa shape index (κ2) is 14.3. The fourth-order valence-electron chi connectivity index (χ4n) is 5.20. The van der Waals surface area contributed by atoms with E-state index in [1.807, 2.05) is 44.2 Å². The van der Waals surface area contributed by atoms with Crippen LogP contribution < -0.4 is 14.4 Å². The normalized spacial score (nSPS) is 14.3. The van der Waals surface area contributed by atoms with Crippen molar-refractivity contribution in [2.24, 2.45) is 0 Å². The van der Waals surface area contributed by atoms with Crippen molar-refractivity contribution in [3.05, 3.63) is 90.2 Å². The molecule has 0 unspecified atom stereocenters. The van der Waals surface area contributed by atoms with Crippen LogP contribution in [0.15, 0.2) is 83.8 Å². The Kier molecular flexibility index (Phi) is 10.6. The van der Waals surface area contributed by atoms with Crippen LogP contribution in [-0.4, -0.2) is 50.4 Å². The van der Waals surface area contributed by atoms with E-state index in [9.17, 15) is 22.4 Å². The number of anilines is 1. The smallest absolute Gasteiger partial charge is 0.264 e. The summed E-state index contributed by atoms with van der Waals surface area (Å²) in [4.78, 5) is 29.0. The van der Waals surface area contributed by atoms with Crippen LogP contribution in [0.5, 0.6) is 5.75 Å². The van der Waals surface area contributed by atoms with Crippen molar-refractivity contribution in [3.63, 3.8) is 0 Å². The molecule has 4 rings (SSSR count). The van der Waals surface area contributed by atoms with Crippen molar-refractivity contribution in [1.29, 1.82) is 0 Å². The molecule has 3 aromatic carbocycles. The molecule has 8 nitrogen and oxygen atoms in total. The summed E-state index contributed by atoms with van der Waals surface area (Å²) in [5.41, 5.74) is 0.933. The summed E-state index contributed by atoms with van der Waals surface area (Å²) in [5.74, 6) is -0.833. The van der Waals surface area contributed by atoms with Gasteiger partial charge in [0.15, 0.2) is 0 Å². The highest BCUT2D eigenvalue weighted by Crippen LogP contribution is 2.27. The number of hydrogen-bond acceptors (Lipinski definition) is 5. The van der Waals surface area contributed by atoms with Crippen molar-refractivity contribution in [1.82, 2.24) is 10.2 Å². The van der Waals surface area contributed by atoms with Crippen LogP contribution in [0.3, 0.4) is 0 Å². The number of halogens is 1. The van der Waals surface area contributed by atoms with E-state index in [-0.39, 0.29) is 29.1 Å². The Bertz CT molecular complexity index is 1430. The predicted molar refractivity (Wildman–Crippen MR) is 160 cm³/mol. The molecule has 0 spiro atoms. The third-order valence-electron chi connectivity index (χ3n) is 7.40. The molecule has 224 valence electrons. The number of nitrogens with zero attached hydrogens (tertiary/aromatic N) is 2. The quantitative estimate of drug-likeness (QED) is 0.290. The van der Waals surface area contributed by atoms with Crippen LogP contribution in [-0.2, 0) is 26.2 Å². The van der Waals surface area contributed by atoms with Gasteiger partial charge in [0, 0.05) is 12.6 Å². The van der Waals surface area contributed by atoms with Gasteiger partial charge in [-0.2, -0.15) is 0 Å². The molecular weight excluding hydrogens is 557 g/mol. The molecule has 1 atom stereocenters. The van der Waals surface area contributed by atoms with E-state index in [4.69, 9.17) is 4.74 Å². The number of amides is 2. The number of hydrogen-bond donors (Lipinski definition) is 1. The molecule has 10 heteroatoms. The Morgan fingerprint density at radius 2 is 1.60 bits per heavy atom. The van der Waals surface area contributed by atoms with Gasteiger partial charge in [-0.3, -0.25) is 13.9 Å². The lowest BCUT2D eigenvalue weighted by molar-refractivity contribution is -0.140. The SMILES string of the molecule is CCOc1ccc(S(=O)(=O)N(CC(=O)N(Cc2ccccc2)[C@@H](CC)C(=O)NC2CCCC2)c2ccc(F)cc2)cc1. The number of benzene rings is 3. The molecule has 0 bridgehead atoms. The summed E-state index contributed by atoms with van der Waals surface area (Å²) in [6.07, 6.45) is 4.23. The molecule has 1 fully saturated rings. The topological polar surface area (TPSA) is 96.0 Å². The minimum Gasteiger partial charge on any atom is -0.494 e. The van der Waals surface area contributed by atoms with E-state index in [2.05, 4.69) is 5.32 Å². The standard InChI is InChI=1S/C32H38FN3O5S/c1-3-30(32(38)34-26-12-8-9-13-26)35(22-24-10-6-5-7-11-24)31(37)23-36(27-16-14-25(33)15-17-27)42(39,40)29-20-18-28(19-21-29)41-4-2/h5-7,10-11,14-21,26,30H,3-4,8-9,12-13,22-23H2,1-2H3,(H,34,38)/t30-/m0/s1.